The van der Waals surface area contributed by atoms with Crippen LogP contribution < -0.4 is 0 Å². The highest BCUT2D eigenvalue weighted by molar-refractivity contribution is 5.67. The molecule has 0 bridgehead atoms. The van der Waals surface area contributed by atoms with Crippen molar-refractivity contribution in [1.82, 2.24) is 0 Å². The highest BCUT2D eigenvalue weighted by atomic mass is 16.3. The molecule has 0 amide bonds. The fourth-order valence-corrected chi connectivity index (χ4v) is 3.85. The van der Waals surface area contributed by atoms with Crippen molar-refractivity contribution in [2.75, 3.05) is 0 Å². The molecule has 1 aromatic rings. The van der Waals surface area contributed by atoms with Gasteiger partial charge in [-0.15, -0.1) is 0 Å². The Morgan fingerprint density at radius 2 is 2.05 bits per heavy atom. The predicted octanol–water partition coefficient (Wildman–Crippen LogP) is 5.20. The zero-order valence-corrected chi connectivity index (χ0v) is 12.7. The van der Waals surface area contributed by atoms with Crippen LogP contribution in [-0.4, -0.2) is 5.11 Å². The first-order valence-corrected chi connectivity index (χ1v) is 7.81. The maximum absolute atomic E-state index is 10.5. The number of hydrogen-bond donors (Lipinski definition) is 1. The van der Waals surface area contributed by atoms with E-state index in [0.29, 0.717) is 17.6 Å². The molecule has 0 radical (unpaired) electrons. The number of allylic oxidation sites excluding steroid dienone is 3. The Hall–Kier alpha value is -1.50. The third kappa shape index (κ3) is 2.19. The third-order valence-electron chi connectivity index (χ3n) is 4.84. The van der Waals surface area contributed by atoms with E-state index in [4.69, 9.17) is 0 Å². The summed E-state index contributed by atoms with van der Waals surface area (Å²) in [4.78, 5) is 0. The Kier molecular flexibility index (Phi) is 3.45. The molecule has 0 fully saturated rings. The van der Waals surface area contributed by atoms with Crippen LogP contribution in [0.5, 0.6) is 5.75 Å². The summed E-state index contributed by atoms with van der Waals surface area (Å²) in [5.74, 6) is 1.45. The molecule has 2 atom stereocenters. The number of phenols is 1. The largest absolute Gasteiger partial charge is 0.508 e. The second kappa shape index (κ2) is 5.12. The van der Waals surface area contributed by atoms with Crippen LogP contribution in [0.1, 0.15) is 62.6 Å². The highest BCUT2D eigenvalue weighted by Crippen LogP contribution is 2.48. The molecule has 3 rings (SSSR count). The van der Waals surface area contributed by atoms with Gasteiger partial charge in [-0.25, -0.2) is 0 Å². The van der Waals surface area contributed by atoms with Crippen molar-refractivity contribution in [1.29, 1.82) is 0 Å². The van der Waals surface area contributed by atoms with Gasteiger partial charge in [0.2, 0.25) is 0 Å². The summed E-state index contributed by atoms with van der Waals surface area (Å²) >= 11 is 0. The second-order valence-electron chi connectivity index (χ2n) is 6.44. The summed E-state index contributed by atoms with van der Waals surface area (Å²) in [6.07, 6.45) is 9.23. The summed E-state index contributed by atoms with van der Waals surface area (Å²) in [6, 6.07) is 4.25. The molecule has 1 heteroatoms. The number of aromatic hydroxyl groups is 1. The lowest BCUT2D eigenvalue weighted by Gasteiger charge is -2.35. The normalized spacial score (nSPS) is 24.6. The average molecular weight is 268 g/mol. The molecule has 0 aromatic heterocycles. The maximum Gasteiger partial charge on any atom is 0.120 e. The number of aryl methyl sites for hydroxylation is 1. The Bertz CT molecular complexity index is 592. The minimum atomic E-state index is 0.374. The van der Waals surface area contributed by atoms with Crippen LogP contribution in [0.3, 0.4) is 0 Å². The molecule has 0 aliphatic heterocycles. The van der Waals surface area contributed by atoms with E-state index in [1.54, 1.807) is 0 Å². The molecule has 2 aliphatic rings. The van der Waals surface area contributed by atoms with Crippen molar-refractivity contribution in [3.8, 4) is 5.75 Å². The van der Waals surface area contributed by atoms with Gasteiger partial charge in [0.15, 0.2) is 0 Å². The Balaban J connectivity index is 2.14. The van der Waals surface area contributed by atoms with Crippen LogP contribution in [-0.2, 0) is 6.42 Å². The number of phenolic OH excluding ortho intramolecular Hbond substituents is 1. The van der Waals surface area contributed by atoms with E-state index >= 15 is 0 Å². The van der Waals surface area contributed by atoms with Gasteiger partial charge in [0.05, 0.1) is 0 Å². The van der Waals surface area contributed by atoms with Crippen molar-refractivity contribution in [2.24, 2.45) is 5.92 Å². The van der Waals surface area contributed by atoms with E-state index in [1.807, 2.05) is 6.07 Å². The first kappa shape index (κ1) is 13.5. The van der Waals surface area contributed by atoms with Crippen molar-refractivity contribution < 1.29 is 5.11 Å². The molecule has 0 spiro atoms. The standard InChI is InChI=1S/C19H24O/c1-4-5-14-10-15-9-13(3)16-7-6-12(2)8-17(16)19(15)18(20)11-14/h8-11,16-17,20H,4-7H2,1-3H3/t16-,17+/m0/s1. The topological polar surface area (TPSA) is 20.2 Å². The van der Waals surface area contributed by atoms with Gasteiger partial charge >= 0.3 is 0 Å². The van der Waals surface area contributed by atoms with E-state index in [1.165, 1.54) is 35.1 Å². The van der Waals surface area contributed by atoms with Crippen molar-refractivity contribution in [3.05, 3.63) is 46.0 Å². The summed E-state index contributed by atoms with van der Waals surface area (Å²) < 4.78 is 0. The van der Waals surface area contributed by atoms with E-state index < -0.39 is 0 Å². The molecule has 20 heavy (non-hydrogen) atoms. The molecule has 1 N–H and O–H groups in total. The smallest absolute Gasteiger partial charge is 0.120 e. The minimum Gasteiger partial charge on any atom is -0.508 e. The van der Waals surface area contributed by atoms with Gasteiger partial charge in [0.1, 0.15) is 5.75 Å². The molecule has 0 saturated heterocycles. The van der Waals surface area contributed by atoms with E-state index in [0.717, 1.165) is 18.4 Å². The minimum absolute atomic E-state index is 0.374. The first-order valence-electron chi connectivity index (χ1n) is 7.81. The molecule has 106 valence electrons. The Morgan fingerprint density at radius 3 is 2.80 bits per heavy atom. The molecule has 1 aromatic carbocycles. The number of hydrogen-bond acceptors (Lipinski definition) is 1. The van der Waals surface area contributed by atoms with Crippen LogP contribution in [0.25, 0.3) is 6.08 Å². The van der Waals surface area contributed by atoms with Gasteiger partial charge in [-0.1, -0.05) is 42.7 Å². The van der Waals surface area contributed by atoms with Gasteiger partial charge in [-0.2, -0.15) is 0 Å². The quantitative estimate of drug-likeness (QED) is 0.731. The van der Waals surface area contributed by atoms with E-state index in [9.17, 15) is 5.11 Å². The summed E-state index contributed by atoms with van der Waals surface area (Å²) in [5.41, 5.74) is 6.57. The zero-order chi connectivity index (χ0) is 14.3. The van der Waals surface area contributed by atoms with Crippen molar-refractivity contribution >= 4 is 6.08 Å². The predicted molar refractivity (Wildman–Crippen MR) is 85.0 cm³/mol. The molecule has 2 aliphatic carbocycles. The van der Waals surface area contributed by atoms with Gasteiger partial charge < -0.3 is 5.11 Å². The van der Waals surface area contributed by atoms with Crippen molar-refractivity contribution in [3.63, 3.8) is 0 Å². The molecule has 0 saturated carbocycles. The van der Waals surface area contributed by atoms with Crippen LogP contribution >= 0.6 is 0 Å². The zero-order valence-electron chi connectivity index (χ0n) is 12.7. The monoisotopic (exact) mass is 268 g/mol. The van der Waals surface area contributed by atoms with Crippen LogP contribution in [0.15, 0.2) is 29.4 Å². The number of benzene rings is 1. The fraction of sp³-hybridized carbons (Fsp3) is 0.474. The van der Waals surface area contributed by atoms with Crippen LogP contribution in [0.4, 0.5) is 0 Å². The lowest BCUT2D eigenvalue weighted by molar-refractivity contribution is 0.432. The number of fused-ring (bicyclic) bond motifs is 3. The number of rotatable bonds is 2. The van der Waals surface area contributed by atoms with E-state index in [-0.39, 0.29) is 0 Å². The fourth-order valence-electron chi connectivity index (χ4n) is 3.85. The van der Waals surface area contributed by atoms with E-state index in [2.05, 4.69) is 39.0 Å². The molecule has 0 unspecified atom stereocenters. The van der Waals surface area contributed by atoms with Crippen molar-refractivity contribution in [2.45, 2.75) is 52.4 Å². The van der Waals surface area contributed by atoms with Gasteiger partial charge in [0, 0.05) is 11.5 Å². The second-order valence-corrected chi connectivity index (χ2v) is 6.44. The lowest BCUT2D eigenvalue weighted by atomic mass is 9.69. The van der Waals surface area contributed by atoms with Crippen LogP contribution in [0.2, 0.25) is 0 Å². The lowest BCUT2D eigenvalue weighted by Crippen LogP contribution is -2.21. The molecule has 1 nitrogen and oxygen atoms in total. The SMILES string of the molecule is CCCc1cc(O)c2c(c1)C=C(C)[C@@H]1CCC(C)=C[C@@H]21. The maximum atomic E-state index is 10.5. The molecule has 0 heterocycles. The van der Waals surface area contributed by atoms with Gasteiger partial charge in [-0.05, 0) is 56.2 Å². The Morgan fingerprint density at radius 1 is 1.25 bits per heavy atom. The molecular formula is C19H24O. The first-order chi connectivity index (χ1) is 9.60. The summed E-state index contributed by atoms with van der Waals surface area (Å²) in [7, 11) is 0. The van der Waals surface area contributed by atoms with Gasteiger partial charge in [0.25, 0.3) is 0 Å². The summed E-state index contributed by atoms with van der Waals surface area (Å²) in [5, 5.41) is 10.5. The van der Waals surface area contributed by atoms with Crippen LogP contribution in [0, 0.1) is 5.92 Å². The average Bonchev–Trinajstić information content (AvgIpc) is 2.38. The Labute approximate surface area is 122 Å². The highest BCUT2D eigenvalue weighted by Gasteiger charge is 2.32. The molecular weight excluding hydrogens is 244 g/mol. The van der Waals surface area contributed by atoms with Gasteiger partial charge in [-0.3, -0.25) is 0 Å². The summed E-state index contributed by atoms with van der Waals surface area (Å²) in [6.45, 7) is 6.64. The third-order valence-corrected chi connectivity index (χ3v) is 4.84.